The Labute approximate surface area is 148 Å². The second-order valence-electron chi connectivity index (χ2n) is 6.27. The van der Waals surface area contributed by atoms with Crippen LogP contribution in [0.15, 0.2) is 4.79 Å². The molecule has 7 heteroatoms. The van der Waals surface area contributed by atoms with Crippen LogP contribution >= 0.6 is 12.4 Å². The quantitative estimate of drug-likeness (QED) is 0.744. The molecular weight excluding hydrogens is 328 g/mol. The highest BCUT2D eigenvalue weighted by molar-refractivity contribution is 5.85. The van der Waals surface area contributed by atoms with Gasteiger partial charge in [0.25, 0.3) is 5.56 Å². The minimum atomic E-state index is -0.368. The Balaban J connectivity index is 0.00000288. The van der Waals surface area contributed by atoms with Gasteiger partial charge in [0.2, 0.25) is 5.91 Å². The molecule has 1 fully saturated rings. The summed E-state index contributed by atoms with van der Waals surface area (Å²) in [5.74, 6) is 0.375. The minimum Gasteiger partial charge on any atom is -0.353 e. The fourth-order valence-corrected chi connectivity index (χ4v) is 3.45. The number of amides is 1. The summed E-state index contributed by atoms with van der Waals surface area (Å²) in [6.07, 6.45) is 4.02. The van der Waals surface area contributed by atoms with Crippen molar-refractivity contribution in [3.8, 4) is 6.07 Å². The lowest BCUT2D eigenvalue weighted by Gasteiger charge is -2.19. The number of carbonyl (C=O) groups is 1. The fourth-order valence-electron chi connectivity index (χ4n) is 3.45. The van der Waals surface area contributed by atoms with Crippen LogP contribution < -0.4 is 16.6 Å². The van der Waals surface area contributed by atoms with Gasteiger partial charge in [0.15, 0.2) is 0 Å². The highest BCUT2D eigenvalue weighted by Gasteiger charge is 2.27. The molecule has 1 aliphatic carbocycles. The zero-order valence-corrected chi connectivity index (χ0v) is 15.0. The van der Waals surface area contributed by atoms with Crippen LogP contribution in [0, 0.1) is 31.1 Å². The number of halogens is 1. The smallest absolute Gasteiger partial charge is 0.266 e. The van der Waals surface area contributed by atoms with Gasteiger partial charge in [-0.2, -0.15) is 5.26 Å². The summed E-state index contributed by atoms with van der Waals surface area (Å²) >= 11 is 0. The highest BCUT2D eigenvalue weighted by atomic mass is 35.5. The number of aryl methyl sites for hydroxylation is 1. The molecular formula is C17H25ClN4O2. The number of hydrogen-bond acceptors (Lipinski definition) is 4. The molecule has 1 aromatic heterocycles. The molecule has 1 amide bonds. The van der Waals surface area contributed by atoms with E-state index in [1.165, 1.54) is 0 Å². The number of nitrogens with two attached hydrogens (primary N) is 1. The van der Waals surface area contributed by atoms with E-state index in [0.29, 0.717) is 30.9 Å². The van der Waals surface area contributed by atoms with Gasteiger partial charge >= 0.3 is 0 Å². The van der Waals surface area contributed by atoms with Crippen LogP contribution in [0.3, 0.4) is 0 Å². The predicted octanol–water partition coefficient (Wildman–Crippen LogP) is 1.46. The summed E-state index contributed by atoms with van der Waals surface area (Å²) in [4.78, 5) is 26.6. The van der Waals surface area contributed by atoms with Gasteiger partial charge in [-0.1, -0.05) is 6.42 Å². The van der Waals surface area contributed by atoms with E-state index in [9.17, 15) is 9.59 Å². The molecule has 24 heavy (non-hydrogen) atoms. The second-order valence-corrected chi connectivity index (χ2v) is 6.27. The summed E-state index contributed by atoms with van der Waals surface area (Å²) in [5, 5.41) is 12.2. The Morgan fingerprint density at radius 2 is 2.12 bits per heavy atom. The number of H-pyrrole nitrogens is 1. The van der Waals surface area contributed by atoms with Gasteiger partial charge in [-0.15, -0.1) is 12.4 Å². The van der Waals surface area contributed by atoms with E-state index in [1.807, 2.05) is 6.07 Å². The van der Waals surface area contributed by atoms with Crippen molar-refractivity contribution in [1.29, 1.82) is 5.26 Å². The maximum Gasteiger partial charge on any atom is 0.266 e. The van der Waals surface area contributed by atoms with Gasteiger partial charge in [0.05, 0.1) is 0 Å². The molecule has 2 unspecified atom stereocenters. The number of hydrogen-bond donors (Lipinski definition) is 3. The summed E-state index contributed by atoms with van der Waals surface area (Å²) in [5.41, 5.74) is 7.76. The fraction of sp³-hybridized carbons (Fsp3) is 0.588. The number of pyridine rings is 1. The van der Waals surface area contributed by atoms with E-state index < -0.39 is 0 Å². The van der Waals surface area contributed by atoms with Gasteiger partial charge in [-0.25, -0.2) is 0 Å². The largest absolute Gasteiger partial charge is 0.353 e. The van der Waals surface area contributed by atoms with Crippen LogP contribution in [-0.2, 0) is 11.2 Å². The molecule has 1 aliphatic rings. The summed E-state index contributed by atoms with van der Waals surface area (Å²) < 4.78 is 0. The first-order chi connectivity index (χ1) is 11.0. The third-order valence-electron chi connectivity index (χ3n) is 4.83. The number of nitriles is 1. The van der Waals surface area contributed by atoms with E-state index >= 15 is 0 Å². The molecule has 4 N–H and O–H groups in total. The Morgan fingerprint density at radius 1 is 1.42 bits per heavy atom. The molecule has 6 nitrogen and oxygen atoms in total. The number of rotatable bonds is 5. The zero-order valence-electron chi connectivity index (χ0n) is 14.1. The molecule has 0 aromatic carbocycles. The van der Waals surface area contributed by atoms with Crippen LogP contribution in [0.1, 0.15) is 48.1 Å². The lowest BCUT2D eigenvalue weighted by molar-refractivity contribution is -0.122. The van der Waals surface area contributed by atoms with Gasteiger partial charge in [0.1, 0.15) is 11.6 Å². The number of nitrogens with one attached hydrogen (secondary N) is 2. The number of carbonyl (C=O) groups excluding carboxylic acids is 1. The maximum atomic E-state index is 12.2. The lowest BCUT2D eigenvalue weighted by atomic mass is 9.98. The Bertz CT molecular complexity index is 693. The van der Waals surface area contributed by atoms with Crippen molar-refractivity contribution < 1.29 is 4.79 Å². The van der Waals surface area contributed by atoms with E-state index in [-0.39, 0.29) is 35.5 Å². The third-order valence-corrected chi connectivity index (χ3v) is 4.83. The van der Waals surface area contributed by atoms with Gasteiger partial charge < -0.3 is 16.0 Å². The predicted molar refractivity (Wildman–Crippen MR) is 95.1 cm³/mol. The van der Waals surface area contributed by atoms with E-state index in [2.05, 4.69) is 10.3 Å². The third kappa shape index (κ3) is 4.37. The lowest BCUT2D eigenvalue weighted by Crippen LogP contribution is -2.40. The molecule has 0 aliphatic heterocycles. The molecule has 2 atom stereocenters. The maximum absolute atomic E-state index is 12.2. The summed E-state index contributed by atoms with van der Waals surface area (Å²) in [6, 6.07) is 2.11. The summed E-state index contributed by atoms with van der Waals surface area (Å²) in [7, 11) is 0. The van der Waals surface area contributed by atoms with E-state index in [1.54, 1.807) is 13.8 Å². The molecule has 1 aromatic rings. The van der Waals surface area contributed by atoms with Crippen LogP contribution in [0.25, 0.3) is 0 Å². The molecule has 0 bridgehead atoms. The molecule has 1 heterocycles. The number of aromatic nitrogens is 1. The van der Waals surface area contributed by atoms with E-state index in [0.717, 1.165) is 30.5 Å². The highest BCUT2D eigenvalue weighted by Crippen LogP contribution is 2.24. The van der Waals surface area contributed by atoms with Crippen LogP contribution in [0.4, 0.5) is 0 Å². The Morgan fingerprint density at radius 3 is 2.75 bits per heavy atom. The van der Waals surface area contributed by atoms with Gasteiger partial charge in [-0.05, 0) is 56.7 Å². The van der Waals surface area contributed by atoms with Crippen molar-refractivity contribution in [2.75, 3.05) is 6.54 Å². The Kier molecular flexibility index (Phi) is 7.46. The van der Waals surface area contributed by atoms with Crippen molar-refractivity contribution >= 4 is 18.3 Å². The standard InChI is InChI=1S/C17H24N4O2.ClH/c1-10-13(11(2)20-17(23)14(10)9-19)6-7-16(22)21-15-5-3-4-12(15)8-18;/h12,15H,3-8,18H2,1-2H3,(H,20,23)(H,21,22);1H. The van der Waals surface area contributed by atoms with Crippen LogP contribution in [0.2, 0.25) is 0 Å². The monoisotopic (exact) mass is 352 g/mol. The molecule has 1 saturated carbocycles. The Hall–Kier alpha value is -1.84. The SMILES string of the molecule is Cc1[nH]c(=O)c(C#N)c(C)c1CCC(=O)NC1CCCC1CN.Cl. The number of nitrogens with zero attached hydrogens (tertiary/aromatic N) is 1. The van der Waals surface area contributed by atoms with Crippen molar-refractivity contribution in [2.24, 2.45) is 11.7 Å². The zero-order chi connectivity index (χ0) is 17.0. The average molecular weight is 353 g/mol. The molecule has 0 spiro atoms. The first kappa shape index (κ1) is 20.2. The van der Waals surface area contributed by atoms with E-state index in [4.69, 9.17) is 11.0 Å². The van der Waals surface area contributed by atoms with Crippen LogP contribution in [-0.4, -0.2) is 23.5 Å². The molecule has 0 radical (unpaired) electrons. The number of aromatic amines is 1. The van der Waals surface area contributed by atoms with Crippen molar-refractivity contribution in [1.82, 2.24) is 10.3 Å². The second kappa shape index (κ2) is 8.86. The first-order valence-electron chi connectivity index (χ1n) is 8.09. The van der Waals surface area contributed by atoms with Crippen LogP contribution in [0.5, 0.6) is 0 Å². The summed E-state index contributed by atoms with van der Waals surface area (Å²) in [6.45, 7) is 4.16. The van der Waals surface area contributed by atoms with Gasteiger partial charge in [0, 0.05) is 18.2 Å². The normalized spacial score (nSPS) is 19.4. The van der Waals surface area contributed by atoms with Crippen molar-refractivity contribution in [2.45, 2.75) is 52.0 Å². The van der Waals surface area contributed by atoms with Crippen molar-refractivity contribution in [3.05, 3.63) is 32.7 Å². The molecule has 0 saturated heterocycles. The molecule has 2 rings (SSSR count). The van der Waals surface area contributed by atoms with Crippen molar-refractivity contribution in [3.63, 3.8) is 0 Å². The first-order valence-corrected chi connectivity index (χ1v) is 8.09. The average Bonchev–Trinajstić information content (AvgIpc) is 2.94. The topological polar surface area (TPSA) is 112 Å². The molecule has 132 valence electrons. The van der Waals surface area contributed by atoms with Gasteiger partial charge in [-0.3, -0.25) is 9.59 Å². The minimum absolute atomic E-state index is 0.